The molecule has 1 saturated heterocycles. The van der Waals surface area contributed by atoms with Crippen molar-refractivity contribution in [2.45, 2.75) is 32.1 Å². The van der Waals surface area contributed by atoms with Crippen LogP contribution in [0.4, 0.5) is 5.00 Å². The van der Waals surface area contributed by atoms with Gasteiger partial charge in [0.1, 0.15) is 11.1 Å². The molecule has 0 bridgehead atoms. The average molecular weight is 435 g/mol. The van der Waals surface area contributed by atoms with Crippen LogP contribution in [-0.4, -0.2) is 55.0 Å². The molecular weight excluding hydrogens is 404 g/mol. The van der Waals surface area contributed by atoms with E-state index in [9.17, 15) is 10.1 Å². The molecule has 31 heavy (non-hydrogen) atoms. The van der Waals surface area contributed by atoms with Gasteiger partial charge in [-0.3, -0.25) is 9.69 Å². The Labute approximate surface area is 189 Å². The molecule has 0 saturated carbocycles. The number of fused-ring (bicyclic) bond motifs is 1. The SMILES string of the molecule is N#Cc1c(NC(=O)CCN2CCN(C/C=C/c3ccccc3)CC2)sc2c1CCCC2. The van der Waals surface area contributed by atoms with Crippen LogP contribution in [0.3, 0.4) is 0 Å². The lowest BCUT2D eigenvalue weighted by atomic mass is 9.96. The van der Waals surface area contributed by atoms with Crippen LogP contribution in [0.15, 0.2) is 36.4 Å². The van der Waals surface area contributed by atoms with Crippen molar-refractivity contribution >= 4 is 28.3 Å². The largest absolute Gasteiger partial charge is 0.317 e. The van der Waals surface area contributed by atoms with Gasteiger partial charge in [0, 0.05) is 50.6 Å². The van der Waals surface area contributed by atoms with Gasteiger partial charge < -0.3 is 10.2 Å². The fourth-order valence-electron chi connectivity index (χ4n) is 4.32. The maximum absolute atomic E-state index is 12.5. The standard InChI is InChI=1S/C25H30N4OS/c26-19-22-21-10-4-5-11-23(21)31-25(22)27-24(30)12-14-29-17-15-28(16-18-29)13-6-9-20-7-2-1-3-8-20/h1-3,6-9H,4-5,10-18H2,(H,27,30)/b9-6+. The van der Waals surface area contributed by atoms with Gasteiger partial charge in [-0.15, -0.1) is 11.3 Å². The van der Waals surface area contributed by atoms with E-state index in [0.717, 1.165) is 63.5 Å². The van der Waals surface area contributed by atoms with Crippen LogP contribution in [0.2, 0.25) is 0 Å². The smallest absolute Gasteiger partial charge is 0.226 e. The number of nitrogens with zero attached hydrogens (tertiary/aromatic N) is 3. The number of thiophene rings is 1. The molecular formula is C25H30N4OS. The second kappa shape index (κ2) is 10.7. The zero-order valence-electron chi connectivity index (χ0n) is 18.0. The Hall–Kier alpha value is -2.46. The van der Waals surface area contributed by atoms with Crippen LogP contribution in [0, 0.1) is 11.3 Å². The Morgan fingerprint density at radius 1 is 1.10 bits per heavy atom. The number of nitrogens with one attached hydrogen (secondary N) is 1. The van der Waals surface area contributed by atoms with E-state index < -0.39 is 0 Å². The van der Waals surface area contributed by atoms with E-state index in [1.54, 1.807) is 11.3 Å². The molecule has 2 aliphatic rings. The van der Waals surface area contributed by atoms with Gasteiger partial charge in [-0.1, -0.05) is 42.5 Å². The molecule has 1 aliphatic carbocycles. The van der Waals surface area contributed by atoms with Gasteiger partial charge >= 0.3 is 0 Å². The first-order valence-corrected chi connectivity index (χ1v) is 12.1. The maximum Gasteiger partial charge on any atom is 0.226 e. The fourth-order valence-corrected chi connectivity index (χ4v) is 5.57. The third kappa shape index (κ3) is 5.82. The monoisotopic (exact) mass is 434 g/mol. The molecule has 0 atom stereocenters. The molecule has 1 N–H and O–H groups in total. The molecule has 1 aromatic carbocycles. The summed E-state index contributed by atoms with van der Waals surface area (Å²) in [6, 6.07) is 12.7. The molecule has 2 heterocycles. The topological polar surface area (TPSA) is 59.4 Å². The first-order valence-electron chi connectivity index (χ1n) is 11.2. The normalized spacial score (nSPS) is 17.4. The summed E-state index contributed by atoms with van der Waals surface area (Å²) in [6.45, 7) is 5.76. The van der Waals surface area contributed by atoms with Gasteiger partial charge in [-0.25, -0.2) is 0 Å². The van der Waals surface area contributed by atoms with Crippen molar-refractivity contribution in [3.8, 4) is 6.07 Å². The summed E-state index contributed by atoms with van der Waals surface area (Å²) in [5.74, 6) is 0.0170. The third-order valence-electron chi connectivity index (χ3n) is 6.13. The molecule has 6 heteroatoms. The van der Waals surface area contributed by atoms with Crippen LogP contribution in [0.5, 0.6) is 0 Å². The summed E-state index contributed by atoms with van der Waals surface area (Å²) in [5, 5.41) is 13.3. The molecule has 5 nitrogen and oxygen atoms in total. The van der Waals surface area contributed by atoms with Crippen molar-refractivity contribution < 1.29 is 4.79 Å². The number of anilines is 1. The highest BCUT2D eigenvalue weighted by molar-refractivity contribution is 7.16. The quantitative estimate of drug-likeness (QED) is 0.711. The molecule has 1 fully saturated rings. The molecule has 0 unspecified atom stereocenters. The summed E-state index contributed by atoms with van der Waals surface area (Å²) in [5.41, 5.74) is 3.11. The van der Waals surface area contributed by atoms with Crippen LogP contribution in [0.1, 0.15) is 40.8 Å². The van der Waals surface area contributed by atoms with Crippen LogP contribution in [-0.2, 0) is 17.6 Å². The lowest BCUT2D eigenvalue weighted by Gasteiger charge is -2.33. The van der Waals surface area contributed by atoms with Crippen LogP contribution in [0.25, 0.3) is 6.08 Å². The zero-order chi connectivity index (χ0) is 21.5. The number of piperazine rings is 1. The van der Waals surface area contributed by atoms with E-state index in [2.05, 4.69) is 57.6 Å². The molecule has 1 aromatic heterocycles. The Balaban J connectivity index is 1.19. The minimum Gasteiger partial charge on any atom is -0.317 e. The van der Waals surface area contributed by atoms with E-state index >= 15 is 0 Å². The Kier molecular flexibility index (Phi) is 7.52. The number of hydrogen-bond acceptors (Lipinski definition) is 5. The number of hydrogen-bond donors (Lipinski definition) is 1. The van der Waals surface area contributed by atoms with Crippen molar-refractivity contribution in [2.75, 3.05) is 44.6 Å². The predicted octanol–water partition coefficient (Wildman–Crippen LogP) is 4.16. The third-order valence-corrected chi connectivity index (χ3v) is 7.34. The number of nitriles is 1. The van der Waals surface area contributed by atoms with Gasteiger partial charge in [0.2, 0.25) is 5.91 Å². The van der Waals surface area contributed by atoms with E-state index in [0.29, 0.717) is 12.0 Å². The van der Waals surface area contributed by atoms with Crippen molar-refractivity contribution in [2.24, 2.45) is 0 Å². The number of carbonyl (C=O) groups is 1. The molecule has 0 radical (unpaired) electrons. The fraction of sp³-hybridized carbons (Fsp3) is 0.440. The highest BCUT2D eigenvalue weighted by atomic mass is 32.1. The first kappa shape index (κ1) is 21.8. The first-order chi connectivity index (χ1) is 15.2. The highest BCUT2D eigenvalue weighted by Gasteiger charge is 2.22. The van der Waals surface area contributed by atoms with E-state index in [-0.39, 0.29) is 5.91 Å². The number of carbonyl (C=O) groups excluding carboxylic acids is 1. The van der Waals surface area contributed by atoms with Crippen LogP contribution >= 0.6 is 11.3 Å². The van der Waals surface area contributed by atoms with Crippen LogP contribution < -0.4 is 5.32 Å². The minimum atomic E-state index is 0.0170. The summed E-state index contributed by atoms with van der Waals surface area (Å²) in [4.78, 5) is 18.6. The number of amides is 1. The molecule has 1 amide bonds. The summed E-state index contributed by atoms with van der Waals surface area (Å²) >= 11 is 1.60. The molecule has 1 aliphatic heterocycles. The van der Waals surface area contributed by atoms with Crippen molar-refractivity contribution in [1.29, 1.82) is 5.26 Å². The lowest BCUT2D eigenvalue weighted by molar-refractivity contribution is -0.116. The Morgan fingerprint density at radius 2 is 1.84 bits per heavy atom. The van der Waals surface area contributed by atoms with Crippen molar-refractivity contribution in [3.05, 3.63) is 58.0 Å². The second-order valence-corrected chi connectivity index (χ2v) is 9.39. The number of rotatable bonds is 7. The lowest BCUT2D eigenvalue weighted by Crippen LogP contribution is -2.46. The van der Waals surface area contributed by atoms with E-state index in [1.807, 2.05) is 6.07 Å². The Bertz CT molecular complexity index is 952. The van der Waals surface area contributed by atoms with Crippen molar-refractivity contribution in [3.63, 3.8) is 0 Å². The minimum absolute atomic E-state index is 0.0170. The number of benzene rings is 1. The van der Waals surface area contributed by atoms with E-state index in [4.69, 9.17) is 0 Å². The van der Waals surface area contributed by atoms with Gasteiger partial charge in [0.05, 0.1) is 5.56 Å². The molecule has 162 valence electrons. The molecule has 4 rings (SSSR count). The van der Waals surface area contributed by atoms with Crippen molar-refractivity contribution in [1.82, 2.24) is 9.80 Å². The molecule has 2 aromatic rings. The van der Waals surface area contributed by atoms with Gasteiger partial charge in [-0.2, -0.15) is 5.26 Å². The van der Waals surface area contributed by atoms with Gasteiger partial charge in [0.15, 0.2) is 0 Å². The van der Waals surface area contributed by atoms with Gasteiger partial charge in [0.25, 0.3) is 0 Å². The maximum atomic E-state index is 12.5. The summed E-state index contributed by atoms with van der Waals surface area (Å²) in [7, 11) is 0. The summed E-state index contributed by atoms with van der Waals surface area (Å²) < 4.78 is 0. The summed E-state index contributed by atoms with van der Waals surface area (Å²) in [6.07, 6.45) is 9.20. The van der Waals surface area contributed by atoms with Gasteiger partial charge in [-0.05, 0) is 36.8 Å². The average Bonchev–Trinajstić information content (AvgIpc) is 3.16. The second-order valence-electron chi connectivity index (χ2n) is 8.28. The highest BCUT2D eigenvalue weighted by Crippen LogP contribution is 2.37. The predicted molar refractivity (Wildman–Crippen MR) is 127 cm³/mol. The Morgan fingerprint density at radius 3 is 2.61 bits per heavy atom. The number of aryl methyl sites for hydroxylation is 1. The molecule has 0 spiro atoms. The van der Waals surface area contributed by atoms with E-state index in [1.165, 1.54) is 22.4 Å². The zero-order valence-corrected chi connectivity index (χ0v) is 18.8.